The number of methoxy groups -OCH3 is 1. The molecule has 0 bridgehead atoms. The number of ether oxygens (including phenoxy) is 1. The number of aromatic amines is 1. The standard InChI is InChI=1S/C19H16ClN3O3S/c1-3-8-23-18(25)13-6-4-11(9-15(13)22-19(23)27)17(24)21-12-5-7-16(26-2)14(20)10-12/h3-7,9-10H,1,8H2,2H3,(H,21,24)(H,22,27). The first-order valence-corrected chi connectivity index (χ1v) is 8.76. The van der Waals surface area contributed by atoms with E-state index in [0.29, 0.717) is 39.5 Å². The van der Waals surface area contributed by atoms with Gasteiger partial charge in [-0.3, -0.25) is 14.2 Å². The minimum Gasteiger partial charge on any atom is -0.495 e. The van der Waals surface area contributed by atoms with Crippen molar-refractivity contribution >= 4 is 46.3 Å². The lowest BCUT2D eigenvalue weighted by molar-refractivity contribution is 0.102. The molecular weight excluding hydrogens is 386 g/mol. The predicted molar refractivity (Wildman–Crippen MR) is 110 cm³/mol. The van der Waals surface area contributed by atoms with Crippen molar-refractivity contribution < 1.29 is 9.53 Å². The van der Waals surface area contributed by atoms with E-state index < -0.39 is 0 Å². The van der Waals surface area contributed by atoms with Gasteiger partial charge < -0.3 is 15.0 Å². The van der Waals surface area contributed by atoms with Crippen LogP contribution in [0.15, 0.2) is 53.8 Å². The Kier molecular flexibility index (Phi) is 5.43. The molecule has 6 nitrogen and oxygen atoms in total. The van der Waals surface area contributed by atoms with Gasteiger partial charge >= 0.3 is 0 Å². The van der Waals surface area contributed by atoms with Gasteiger partial charge in [0.1, 0.15) is 5.75 Å². The Labute approximate surface area is 165 Å². The third-order valence-electron chi connectivity index (χ3n) is 3.97. The van der Waals surface area contributed by atoms with Gasteiger partial charge in [-0.05, 0) is 48.6 Å². The number of halogens is 1. The zero-order valence-corrected chi connectivity index (χ0v) is 16.0. The molecule has 0 atom stereocenters. The van der Waals surface area contributed by atoms with E-state index >= 15 is 0 Å². The lowest BCUT2D eigenvalue weighted by Gasteiger charge is -2.09. The van der Waals surface area contributed by atoms with Crippen LogP contribution in [0, 0.1) is 4.77 Å². The number of H-pyrrole nitrogens is 1. The summed E-state index contributed by atoms with van der Waals surface area (Å²) in [6.45, 7) is 3.93. The van der Waals surface area contributed by atoms with Crippen molar-refractivity contribution in [2.24, 2.45) is 0 Å². The second kappa shape index (κ2) is 7.77. The Morgan fingerprint density at radius 2 is 2.15 bits per heavy atom. The van der Waals surface area contributed by atoms with Crippen molar-refractivity contribution in [2.45, 2.75) is 6.54 Å². The van der Waals surface area contributed by atoms with Crippen molar-refractivity contribution in [2.75, 3.05) is 12.4 Å². The van der Waals surface area contributed by atoms with E-state index in [1.54, 1.807) is 42.5 Å². The van der Waals surface area contributed by atoms with E-state index in [4.69, 9.17) is 28.6 Å². The molecule has 3 rings (SSSR count). The molecule has 0 aliphatic rings. The van der Waals surface area contributed by atoms with Crippen LogP contribution in [0.25, 0.3) is 10.9 Å². The molecule has 1 amide bonds. The van der Waals surface area contributed by atoms with Crippen LogP contribution in [-0.2, 0) is 6.54 Å². The van der Waals surface area contributed by atoms with Crippen LogP contribution < -0.4 is 15.6 Å². The number of carbonyl (C=O) groups is 1. The predicted octanol–water partition coefficient (Wildman–Crippen LogP) is 4.16. The molecule has 0 saturated heterocycles. The topological polar surface area (TPSA) is 76.1 Å². The average Bonchev–Trinajstić information content (AvgIpc) is 2.65. The van der Waals surface area contributed by atoms with Crippen molar-refractivity contribution in [3.8, 4) is 5.75 Å². The third-order valence-corrected chi connectivity index (χ3v) is 4.58. The summed E-state index contributed by atoms with van der Waals surface area (Å²) in [5.41, 5.74) is 1.16. The molecule has 0 aliphatic carbocycles. The molecule has 0 spiro atoms. The first-order valence-electron chi connectivity index (χ1n) is 7.97. The Morgan fingerprint density at radius 3 is 2.81 bits per heavy atom. The van der Waals surface area contributed by atoms with Crippen LogP contribution in [0.5, 0.6) is 5.75 Å². The summed E-state index contributed by atoms with van der Waals surface area (Å²) in [6, 6.07) is 9.71. The van der Waals surface area contributed by atoms with E-state index in [1.807, 2.05) is 0 Å². The first kappa shape index (κ1) is 18.9. The molecule has 27 heavy (non-hydrogen) atoms. The summed E-state index contributed by atoms with van der Waals surface area (Å²) >= 11 is 11.3. The molecule has 3 aromatic rings. The lowest BCUT2D eigenvalue weighted by atomic mass is 10.1. The molecule has 0 fully saturated rings. The highest BCUT2D eigenvalue weighted by Crippen LogP contribution is 2.27. The second-order valence-electron chi connectivity index (χ2n) is 5.70. The van der Waals surface area contributed by atoms with Gasteiger partial charge in [0.15, 0.2) is 4.77 Å². The molecule has 0 unspecified atom stereocenters. The van der Waals surface area contributed by atoms with Crippen LogP contribution in [-0.4, -0.2) is 22.6 Å². The number of allylic oxidation sites excluding steroid dienone is 1. The number of nitrogens with zero attached hydrogens (tertiary/aromatic N) is 1. The number of nitrogens with one attached hydrogen (secondary N) is 2. The second-order valence-corrected chi connectivity index (χ2v) is 6.49. The molecule has 1 aromatic heterocycles. The minimum atomic E-state index is -0.340. The summed E-state index contributed by atoms with van der Waals surface area (Å²) < 4.78 is 6.77. The first-order chi connectivity index (χ1) is 12.9. The van der Waals surface area contributed by atoms with E-state index in [1.165, 1.54) is 11.7 Å². The highest BCUT2D eigenvalue weighted by atomic mass is 35.5. The number of anilines is 1. The largest absolute Gasteiger partial charge is 0.495 e. The smallest absolute Gasteiger partial charge is 0.262 e. The van der Waals surface area contributed by atoms with Crippen LogP contribution >= 0.6 is 23.8 Å². The maximum atomic E-state index is 12.5. The number of hydrogen-bond donors (Lipinski definition) is 2. The number of fused-ring (bicyclic) bond motifs is 1. The Hall–Kier alpha value is -2.90. The molecule has 138 valence electrons. The highest BCUT2D eigenvalue weighted by molar-refractivity contribution is 7.71. The Balaban J connectivity index is 1.95. The number of hydrogen-bond acceptors (Lipinski definition) is 4. The van der Waals surface area contributed by atoms with Gasteiger partial charge in [-0.15, -0.1) is 6.58 Å². The monoisotopic (exact) mass is 401 g/mol. The van der Waals surface area contributed by atoms with Crippen LogP contribution in [0.2, 0.25) is 5.02 Å². The maximum Gasteiger partial charge on any atom is 0.262 e. The number of aromatic nitrogens is 2. The molecule has 0 aliphatic heterocycles. The zero-order chi connectivity index (χ0) is 19.6. The van der Waals surface area contributed by atoms with Gasteiger partial charge in [-0.25, -0.2) is 0 Å². The summed E-state index contributed by atoms with van der Waals surface area (Å²) in [4.78, 5) is 28.0. The highest BCUT2D eigenvalue weighted by Gasteiger charge is 2.11. The third kappa shape index (κ3) is 3.79. The van der Waals surface area contributed by atoms with E-state index in [2.05, 4.69) is 16.9 Å². The maximum absolute atomic E-state index is 12.5. The minimum absolute atomic E-state index is 0.234. The number of carbonyl (C=O) groups excluding carboxylic acids is 1. The fourth-order valence-electron chi connectivity index (χ4n) is 2.64. The van der Waals surface area contributed by atoms with Crippen molar-refractivity contribution in [1.82, 2.24) is 9.55 Å². The number of amides is 1. The van der Waals surface area contributed by atoms with Crippen molar-refractivity contribution in [3.63, 3.8) is 0 Å². The van der Waals surface area contributed by atoms with Gasteiger partial charge in [0, 0.05) is 17.8 Å². The van der Waals surface area contributed by atoms with E-state index in [9.17, 15) is 9.59 Å². The average molecular weight is 402 g/mol. The molecule has 0 saturated carbocycles. The summed E-state index contributed by atoms with van der Waals surface area (Å²) in [5, 5.41) is 3.59. The van der Waals surface area contributed by atoms with Gasteiger partial charge in [-0.2, -0.15) is 0 Å². The van der Waals surface area contributed by atoms with Gasteiger partial charge in [0.2, 0.25) is 0 Å². The zero-order valence-electron chi connectivity index (χ0n) is 14.4. The number of rotatable bonds is 5. The van der Waals surface area contributed by atoms with E-state index in [0.717, 1.165) is 0 Å². The summed E-state index contributed by atoms with van der Waals surface area (Å²) in [6.07, 6.45) is 1.60. The number of benzene rings is 2. The Morgan fingerprint density at radius 1 is 1.37 bits per heavy atom. The fourth-order valence-corrected chi connectivity index (χ4v) is 3.16. The molecule has 2 aromatic carbocycles. The van der Waals surface area contributed by atoms with Gasteiger partial charge in [0.05, 0.1) is 23.0 Å². The van der Waals surface area contributed by atoms with Crippen molar-refractivity contribution in [3.05, 3.63) is 74.8 Å². The molecule has 1 heterocycles. The fraction of sp³-hybridized carbons (Fsp3) is 0.105. The SMILES string of the molecule is C=CCn1c(=S)[nH]c2cc(C(=O)Nc3ccc(OC)c(Cl)c3)ccc2c1=O. The Bertz CT molecular complexity index is 1170. The van der Waals surface area contributed by atoms with Crippen LogP contribution in [0.1, 0.15) is 10.4 Å². The normalized spacial score (nSPS) is 10.6. The van der Waals surface area contributed by atoms with Gasteiger partial charge in [0.25, 0.3) is 11.5 Å². The van der Waals surface area contributed by atoms with E-state index in [-0.39, 0.29) is 16.2 Å². The van der Waals surface area contributed by atoms with Crippen LogP contribution in [0.4, 0.5) is 5.69 Å². The van der Waals surface area contributed by atoms with Gasteiger partial charge in [-0.1, -0.05) is 17.7 Å². The summed E-state index contributed by atoms with van der Waals surface area (Å²) in [7, 11) is 1.52. The molecule has 0 radical (unpaired) electrons. The van der Waals surface area contributed by atoms with Crippen LogP contribution in [0.3, 0.4) is 0 Å². The molecule has 2 N–H and O–H groups in total. The molecule has 8 heteroatoms. The molecular formula is C19H16ClN3O3S. The van der Waals surface area contributed by atoms with Crippen molar-refractivity contribution in [1.29, 1.82) is 0 Å². The summed E-state index contributed by atoms with van der Waals surface area (Å²) in [5.74, 6) is 0.177. The quantitative estimate of drug-likeness (QED) is 0.497. The lowest BCUT2D eigenvalue weighted by Crippen LogP contribution is -2.22.